The molecule has 0 spiro atoms. The van der Waals surface area contributed by atoms with Gasteiger partial charge >= 0.3 is 6.03 Å². The number of ether oxygens (including phenoxy) is 2. The first kappa shape index (κ1) is 17.2. The van der Waals surface area contributed by atoms with Crippen molar-refractivity contribution in [1.29, 1.82) is 0 Å². The highest BCUT2D eigenvalue weighted by Crippen LogP contribution is 2.24. The molecule has 1 aromatic heterocycles. The summed E-state index contributed by atoms with van der Waals surface area (Å²) in [5.74, 6) is 0.608. The van der Waals surface area contributed by atoms with Crippen molar-refractivity contribution < 1.29 is 14.3 Å². The smallest absolute Gasteiger partial charge is 0.319 e. The molecule has 1 heterocycles. The summed E-state index contributed by atoms with van der Waals surface area (Å²) >= 11 is 1.56. The number of nitrogens with zero attached hydrogens (tertiary/aromatic N) is 1. The lowest BCUT2D eigenvalue weighted by atomic mass is 10.2. The maximum Gasteiger partial charge on any atom is 0.319 e. The summed E-state index contributed by atoms with van der Waals surface area (Å²) in [5, 5.41) is 8.60. The van der Waals surface area contributed by atoms with Crippen molar-refractivity contribution >= 4 is 23.1 Å². The summed E-state index contributed by atoms with van der Waals surface area (Å²) < 4.78 is 10.6. The monoisotopic (exact) mass is 335 g/mol. The Hall–Kier alpha value is -2.12. The zero-order chi connectivity index (χ0) is 16.7. The fourth-order valence-electron chi connectivity index (χ4n) is 1.94. The van der Waals surface area contributed by atoms with E-state index in [9.17, 15) is 4.79 Å². The number of thiazole rings is 1. The van der Waals surface area contributed by atoms with Crippen LogP contribution in [-0.2, 0) is 4.74 Å². The molecule has 0 fully saturated rings. The molecule has 0 aliphatic carbocycles. The number of aromatic nitrogens is 1. The van der Waals surface area contributed by atoms with Crippen LogP contribution in [0.1, 0.15) is 23.7 Å². The van der Waals surface area contributed by atoms with Gasteiger partial charge in [-0.05, 0) is 26.0 Å². The molecule has 0 unspecified atom stereocenters. The minimum atomic E-state index is -0.300. The molecule has 0 saturated heterocycles. The van der Waals surface area contributed by atoms with Crippen LogP contribution in [0.3, 0.4) is 0 Å². The van der Waals surface area contributed by atoms with E-state index in [-0.39, 0.29) is 12.1 Å². The summed E-state index contributed by atoms with van der Waals surface area (Å²) in [7, 11) is 1.61. The fourth-order valence-corrected chi connectivity index (χ4v) is 2.65. The molecular weight excluding hydrogens is 314 g/mol. The highest BCUT2D eigenvalue weighted by atomic mass is 32.1. The Morgan fingerprint density at radius 1 is 1.35 bits per heavy atom. The second-order valence-corrected chi connectivity index (χ2v) is 6.01. The highest BCUT2D eigenvalue weighted by Gasteiger charge is 2.13. The van der Waals surface area contributed by atoms with Crippen molar-refractivity contribution in [3.05, 3.63) is 40.3 Å². The molecule has 2 rings (SSSR count). The van der Waals surface area contributed by atoms with E-state index >= 15 is 0 Å². The number of hydrogen-bond donors (Lipinski definition) is 2. The van der Waals surface area contributed by atoms with Crippen LogP contribution in [0.15, 0.2) is 29.6 Å². The van der Waals surface area contributed by atoms with Crippen LogP contribution in [0.2, 0.25) is 0 Å². The van der Waals surface area contributed by atoms with Crippen LogP contribution in [0.25, 0.3) is 0 Å². The van der Waals surface area contributed by atoms with Crippen molar-refractivity contribution in [2.75, 3.05) is 25.6 Å². The number of nitrogens with one attached hydrogen (secondary N) is 2. The first-order valence-corrected chi connectivity index (χ1v) is 8.18. The maximum absolute atomic E-state index is 12.2. The second kappa shape index (κ2) is 8.50. The van der Waals surface area contributed by atoms with Gasteiger partial charge in [-0.3, -0.25) is 0 Å². The van der Waals surface area contributed by atoms with Gasteiger partial charge in [-0.15, -0.1) is 11.3 Å². The maximum atomic E-state index is 12.2. The minimum Gasteiger partial charge on any atom is -0.489 e. The third kappa shape index (κ3) is 5.22. The molecule has 0 bridgehead atoms. The number of para-hydroxylation sites is 2. The van der Waals surface area contributed by atoms with Crippen LogP contribution in [0.4, 0.5) is 10.5 Å². The van der Waals surface area contributed by atoms with E-state index in [0.717, 1.165) is 10.7 Å². The Bertz CT molecular complexity index is 645. The van der Waals surface area contributed by atoms with Crippen LogP contribution < -0.4 is 15.4 Å². The predicted molar refractivity (Wildman–Crippen MR) is 91.2 cm³/mol. The van der Waals surface area contributed by atoms with Crippen molar-refractivity contribution in [1.82, 2.24) is 10.3 Å². The molecule has 6 nitrogen and oxygen atoms in total. The third-order valence-electron chi connectivity index (χ3n) is 3.11. The van der Waals surface area contributed by atoms with Gasteiger partial charge in [0.05, 0.1) is 29.0 Å². The van der Waals surface area contributed by atoms with Gasteiger partial charge in [0.25, 0.3) is 0 Å². The van der Waals surface area contributed by atoms with E-state index in [1.54, 1.807) is 30.6 Å². The molecule has 1 aromatic carbocycles. The standard InChI is InChI=1S/C16H21N3O3S/c1-11(14-10-23-12(2)18-14)17-16(20)19-13-6-4-5-7-15(13)22-9-8-21-3/h4-7,10-11H,8-9H2,1-3H3,(H2,17,19,20)/t11-/m0/s1. The number of urea groups is 1. The van der Waals surface area contributed by atoms with Gasteiger partial charge in [0.2, 0.25) is 0 Å². The van der Waals surface area contributed by atoms with Crippen LogP contribution in [0, 0.1) is 6.92 Å². The summed E-state index contributed by atoms with van der Waals surface area (Å²) in [5.41, 5.74) is 1.47. The SMILES string of the molecule is COCCOc1ccccc1NC(=O)N[C@@H](C)c1csc(C)n1. The van der Waals surface area contributed by atoms with Crippen molar-refractivity contribution in [3.8, 4) is 5.75 Å². The van der Waals surface area contributed by atoms with E-state index in [4.69, 9.17) is 9.47 Å². The predicted octanol–water partition coefficient (Wildman–Crippen LogP) is 3.36. The van der Waals surface area contributed by atoms with E-state index in [1.807, 2.05) is 31.4 Å². The summed E-state index contributed by atoms with van der Waals surface area (Å²) in [6.45, 7) is 4.75. The van der Waals surface area contributed by atoms with Gasteiger partial charge in [0.15, 0.2) is 0 Å². The quantitative estimate of drug-likeness (QED) is 0.761. The van der Waals surface area contributed by atoms with Crippen molar-refractivity contribution in [3.63, 3.8) is 0 Å². The van der Waals surface area contributed by atoms with Gasteiger partial charge in [0, 0.05) is 12.5 Å². The van der Waals surface area contributed by atoms with Crippen LogP contribution in [-0.4, -0.2) is 31.3 Å². The summed E-state index contributed by atoms with van der Waals surface area (Å²) in [4.78, 5) is 16.5. The lowest BCUT2D eigenvalue weighted by Gasteiger charge is -2.15. The number of methoxy groups -OCH3 is 1. The Kier molecular flexibility index (Phi) is 6.37. The molecule has 2 N–H and O–H groups in total. The Morgan fingerprint density at radius 2 is 2.13 bits per heavy atom. The number of benzene rings is 1. The minimum absolute atomic E-state index is 0.165. The first-order chi connectivity index (χ1) is 11.1. The van der Waals surface area contributed by atoms with E-state index in [2.05, 4.69) is 15.6 Å². The number of anilines is 1. The molecule has 0 saturated carbocycles. The highest BCUT2D eigenvalue weighted by molar-refractivity contribution is 7.09. The van der Waals surface area contributed by atoms with E-state index < -0.39 is 0 Å². The normalized spacial score (nSPS) is 11.8. The van der Waals surface area contributed by atoms with Gasteiger partial charge in [0.1, 0.15) is 12.4 Å². The van der Waals surface area contributed by atoms with Crippen molar-refractivity contribution in [2.45, 2.75) is 19.9 Å². The van der Waals surface area contributed by atoms with Gasteiger partial charge < -0.3 is 20.1 Å². The number of aryl methyl sites for hydroxylation is 1. The molecule has 7 heteroatoms. The molecular formula is C16H21N3O3S. The molecule has 0 aliphatic rings. The lowest BCUT2D eigenvalue weighted by molar-refractivity contribution is 0.146. The number of amides is 2. The molecule has 2 aromatic rings. The Labute approximate surface area is 139 Å². The van der Waals surface area contributed by atoms with E-state index in [1.165, 1.54) is 0 Å². The zero-order valence-electron chi connectivity index (χ0n) is 13.5. The molecule has 2 amide bonds. The fraction of sp³-hybridized carbons (Fsp3) is 0.375. The van der Waals surface area contributed by atoms with Crippen LogP contribution in [0.5, 0.6) is 5.75 Å². The molecule has 23 heavy (non-hydrogen) atoms. The summed E-state index contributed by atoms with van der Waals surface area (Å²) in [6.07, 6.45) is 0. The number of hydrogen-bond acceptors (Lipinski definition) is 5. The molecule has 124 valence electrons. The molecule has 0 radical (unpaired) electrons. The Morgan fingerprint density at radius 3 is 2.83 bits per heavy atom. The number of carbonyl (C=O) groups excluding carboxylic acids is 1. The van der Waals surface area contributed by atoms with Crippen molar-refractivity contribution in [2.24, 2.45) is 0 Å². The Balaban J connectivity index is 1.94. The number of carbonyl (C=O) groups is 1. The average Bonchev–Trinajstić information content (AvgIpc) is 2.96. The molecule has 1 atom stereocenters. The topological polar surface area (TPSA) is 72.5 Å². The molecule has 0 aliphatic heterocycles. The van der Waals surface area contributed by atoms with E-state index in [0.29, 0.717) is 24.7 Å². The third-order valence-corrected chi connectivity index (χ3v) is 3.90. The summed E-state index contributed by atoms with van der Waals surface area (Å²) in [6, 6.07) is 6.82. The first-order valence-electron chi connectivity index (χ1n) is 7.30. The number of rotatable bonds is 7. The van der Waals surface area contributed by atoms with Gasteiger partial charge in [-0.25, -0.2) is 9.78 Å². The second-order valence-electron chi connectivity index (χ2n) is 4.95. The largest absolute Gasteiger partial charge is 0.489 e. The lowest BCUT2D eigenvalue weighted by Crippen LogP contribution is -2.31. The van der Waals surface area contributed by atoms with Gasteiger partial charge in [-0.2, -0.15) is 0 Å². The van der Waals surface area contributed by atoms with Crippen LogP contribution >= 0.6 is 11.3 Å². The average molecular weight is 335 g/mol. The zero-order valence-corrected chi connectivity index (χ0v) is 14.3. The van der Waals surface area contributed by atoms with Gasteiger partial charge in [-0.1, -0.05) is 12.1 Å².